The van der Waals surface area contributed by atoms with Crippen LogP contribution in [0.15, 0.2) is 59.4 Å². The molecule has 0 amide bonds. The van der Waals surface area contributed by atoms with Gasteiger partial charge in [-0.05, 0) is 5.56 Å². The molecule has 3 heterocycles. The molecule has 4 aromatic rings. The second-order valence-corrected chi connectivity index (χ2v) is 7.96. The van der Waals surface area contributed by atoms with Gasteiger partial charge in [0.05, 0.1) is 15.5 Å². The number of benzene rings is 2. The van der Waals surface area contributed by atoms with Gasteiger partial charge in [-0.15, -0.1) is 5.10 Å². The summed E-state index contributed by atoms with van der Waals surface area (Å²) in [5.74, 6) is 0.459. The zero-order valence-electron chi connectivity index (χ0n) is 15.6. The number of hydrogen-bond donors (Lipinski definition) is 2. The van der Waals surface area contributed by atoms with Crippen molar-refractivity contribution in [3.8, 4) is 11.4 Å². The van der Waals surface area contributed by atoms with E-state index in [0.717, 1.165) is 11.1 Å². The Morgan fingerprint density at radius 2 is 2.03 bits per heavy atom. The molecule has 1 aliphatic rings. The fraction of sp³-hybridized carbons (Fsp3) is 0.150. The number of nitrogens with zero attached hydrogens (tertiary/aromatic N) is 4. The minimum Gasteiger partial charge on any atom is -0.266 e. The first kappa shape index (κ1) is 18.6. The molecule has 9 nitrogen and oxygen atoms in total. The maximum absolute atomic E-state index is 12.9. The van der Waals surface area contributed by atoms with Crippen LogP contribution in [0.5, 0.6) is 0 Å². The van der Waals surface area contributed by atoms with Crippen molar-refractivity contribution >= 4 is 28.1 Å². The zero-order chi connectivity index (χ0) is 20.7. The SMILES string of the molecule is O=c1/c(=C/C2CNNC2c2cccc([N+](=O)[O-])c2)sc2nc(-c3ccccc3)nn12. The topological polar surface area (TPSA) is 114 Å². The van der Waals surface area contributed by atoms with E-state index in [0.29, 0.717) is 21.9 Å². The van der Waals surface area contributed by atoms with E-state index in [2.05, 4.69) is 20.9 Å². The molecule has 30 heavy (non-hydrogen) atoms. The molecule has 10 heteroatoms. The van der Waals surface area contributed by atoms with Crippen LogP contribution < -0.4 is 20.9 Å². The van der Waals surface area contributed by atoms with Gasteiger partial charge in [0.15, 0.2) is 5.82 Å². The lowest BCUT2D eigenvalue weighted by atomic mass is 9.94. The van der Waals surface area contributed by atoms with Gasteiger partial charge < -0.3 is 0 Å². The fourth-order valence-corrected chi connectivity index (χ4v) is 4.54. The molecule has 1 saturated heterocycles. The van der Waals surface area contributed by atoms with Gasteiger partial charge in [0.2, 0.25) is 4.96 Å². The monoisotopic (exact) mass is 420 g/mol. The Bertz CT molecular complexity index is 1350. The maximum Gasteiger partial charge on any atom is 0.290 e. The summed E-state index contributed by atoms with van der Waals surface area (Å²) in [6, 6.07) is 15.8. The molecule has 0 aliphatic carbocycles. The lowest BCUT2D eigenvalue weighted by Gasteiger charge is -2.15. The Hall–Kier alpha value is -3.47. The van der Waals surface area contributed by atoms with E-state index in [1.165, 1.54) is 21.9 Å². The van der Waals surface area contributed by atoms with Crippen molar-refractivity contribution in [3.63, 3.8) is 0 Å². The molecule has 0 spiro atoms. The van der Waals surface area contributed by atoms with Crippen LogP contribution in [0, 0.1) is 16.0 Å². The van der Waals surface area contributed by atoms with Crippen molar-refractivity contribution < 1.29 is 4.92 Å². The van der Waals surface area contributed by atoms with Crippen molar-refractivity contribution in [3.05, 3.63) is 85.2 Å². The van der Waals surface area contributed by atoms with E-state index in [9.17, 15) is 14.9 Å². The molecule has 0 saturated carbocycles. The summed E-state index contributed by atoms with van der Waals surface area (Å²) in [7, 11) is 0. The van der Waals surface area contributed by atoms with Gasteiger partial charge in [-0.3, -0.25) is 20.3 Å². The van der Waals surface area contributed by atoms with E-state index < -0.39 is 4.92 Å². The Balaban J connectivity index is 1.50. The van der Waals surface area contributed by atoms with Crippen LogP contribution in [0.25, 0.3) is 22.4 Å². The molecule has 2 unspecified atom stereocenters. The van der Waals surface area contributed by atoms with Gasteiger partial charge in [0.1, 0.15) is 0 Å². The molecule has 2 aromatic carbocycles. The van der Waals surface area contributed by atoms with Gasteiger partial charge in [0.25, 0.3) is 11.2 Å². The van der Waals surface area contributed by atoms with E-state index >= 15 is 0 Å². The van der Waals surface area contributed by atoms with Gasteiger partial charge >= 0.3 is 0 Å². The number of hydrazine groups is 1. The van der Waals surface area contributed by atoms with E-state index in [-0.39, 0.29) is 23.2 Å². The summed E-state index contributed by atoms with van der Waals surface area (Å²) in [4.78, 5) is 28.6. The number of nitro groups is 1. The number of nitrogens with one attached hydrogen (secondary N) is 2. The van der Waals surface area contributed by atoms with Gasteiger partial charge in [0, 0.05) is 30.2 Å². The van der Waals surface area contributed by atoms with Crippen molar-refractivity contribution in [2.24, 2.45) is 5.92 Å². The highest BCUT2D eigenvalue weighted by Crippen LogP contribution is 2.28. The highest BCUT2D eigenvalue weighted by molar-refractivity contribution is 7.15. The molecule has 1 fully saturated rings. The molecular weight excluding hydrogens is 404 g/mol. The Kier molecular flexibility index (Phi) is 4.58. The molecule has 5 rings (SSSR count). The molecule has 0 bridgehead atoms. The van der Waals surface area contributed by atoms with Crippen LogP contribution in [-0.2, 0) is 0 Å². The van der Waals surface area contributed by atoms with Crippen molar-refractivity contribution in [1.29, 1.82) is 0 Å². The lowest BCUT2D eigenvalue weighted by molar-refractivity contribution is -0.384. The molecule has 0 radical (unpaired) electrons. The maximum atomic E-state index is 12.9. The van der Waals surface area contributed by atoms with Crippen LogP contribution in [-0.4, -0.2) is 26.1 Å². The first-order chi connectivity index (χ1) is 14.6. The molecular formula is C20H16N6O3S. The highest BCUT2D eigenvalue weighted by Gasteiger charge is 2.28. The Labute approximate surface area is 173 Å². The third-order valence-electron chi connectivity index (χ3n) is 5.04. The van der Waals surface area contributed by atoms with Crippen LogP contribution in [0.4, 0.5) is 5.69 Å². The van der Waals surface area contributed by atoms with E-state index in [1.807, 2.05) is 42.5 Å². The summed E-state index contributed by atoms with van der Waals surface area (Å²) in [5, 5.41) is 15.5. The average Bonchev–Trinajstić information content (AvgIpc) is 3.46. The standard InChI is InChI=1S/C20H16N6O3S/c27-19-16(30-20-22-18(24-25(19)20)12-5-2-1-3-6-12)10-14-11-21-23-17(14)13-7-4-8-15(9-13)26(28)29/h1-10,14,17,21,23H,11H2/b16-10-. The first-order valence-electron chi connectivity index (χ1n) is 9.30. The largest absolute Gasteiger partial charge is 0.290 e. The van der Waals surface area contributed by atoms with Gasteiger partial charge in [-0.25, -0.2) is 5.43 Å². The summed E-state index contributed by atoms with van der Waals surface area (Å²) in [5.41, 5.74) is 7.69. The normalized spacial score (nSPS) is 19.5. The Morgan fingerprint density at radius 3 is 2.80 bits per heavy atom. The summed E-state index contributed by atoms with van der Waals surface area (Å²) in [6.45, 7) is 0.593. The van der Waals surface area contributed by atoms with Crippen molar-refractivity contribution in [2.75, 3.05) is 6.54 Å². The average molecular weight is 420 g/mol. The number of aromatic nitrogens is 3. The predicted octanol–water partition coefficient (Wildman–Crippen LogP) is 1.69. The zero-order valence-corrected chi connectivity index (χ0v) is 16.4. The lowest BCUT2D eigenvalue weighted by Crippen LogP contribution is -2.26. The number of nitro benzene ring substituents is 1. The number of rotatable bonds is 4. The molecule has 2 aromatic heterocycles. The number of fused-ring (bicyclic) bond motifs is 1. The van der Waals surface area contributed by atoms with Crippen LogP contribution in [0.2, 0.25) is 0 Å². The van der Waals surface area contributed by atoms with E-state index in [4.69, 9.17) is 0 Å². The minimum atomic E-state index is -0.412. The van der Waals surface area contributed by atoms with Gasteiger partial charge in [-0.1, -0.05) is 59.9 Å². The van der Waals surface area contributed by atoms with Gasteiger partial charge in [-0.2, -0.15) is 9.50 Å². The summed E-state index contributed by atoms with van der Waals surface area (Å²) in [6.07, 6.45) is 1.89. The fourth-order valence-electron chi connectivity index (χ4n) is 3.58. The summed E-state index contributed by atoms with van der Waals surface area (Å²) >= 11 is 1.29. The second-order valence-electron chi connectivity index (χ2n) is 6.95. The smallest absolute Gasteiger partial charge is 0.266 e. The quantitative estimate of drug-likeness (QED) is 0.381. The molecule has 2 atom stereocenters. The number of thiazole rings is 1. The minimum absolute atomic E-state index is 0.0386. The van der Waals surface area contributed by atoms with Crippen LogP contribution in [0.1, 0.15) is 11.6 Å². The van der Waals surface area contributed by atoms with E-state index in [1.54, 1.807) is 12.1 Å². The predicted molar refractivity (Wildman–Crippen MR) is 113 cm³/mol. The number of non-ortho nitro benzene ring substituents is 1. The third-order valence-corrected chi connectivity index (χ3v) is 6.02. The van der Waals surface area contributed by atoms with Crippen molar-refractivity contribution in [2.45, 2.75) is 6.04 Å². The van der Waals surface area contributed by atoms with Crippen LogP contribution >= 0.6 is 11.3 Å². The van der Waals surface area contributed by atoms with Crippen molar-refractivity contribution in [1.82, 2.24) is 25.4 Å². The molecule has 2 N–H and O–H groups in total. The highest BCUT2D eigenvalue weighted by atomic mass is 32.1. The molecule has 1 aliphatic heterocycles. The summed E-state index contributed by atoms with van der Waals surface area (Å²) < 4.78 is 1.88. The Morgan fingerprint density at radius 1 is 1.20 bits per heavy atom. The second kappa shape index (κ2) is 7.41. The first-order valence-corrected chi connectivity index (χ1v) is 10.1. The number of hydrogen-bond acceptors (Lipinski definition) is 8. The molecule has 150 valence electrons. The third kappa shape index (κ3) is 3.26. The van der Waals surface area contributed by atoms with Crippen LogP contribution in [0.3, 0.4) is 0 Å².